The van der Waals surface area contributed by atoms with Crippen LogP contribution in [-0.2, 0) is 0 Å². The average molecular weight is 198 g/mol. The third-order valence-electron chi connectivity index (χ3n) is 1.83. The summed E-state index contributed by atoms with van der Waals surface area (Å²) in [4.78, 5) is 0. The van der Waals surface area contributed by atoms with Crippen molar-refractivity contribution in [1.29, 1.82) is 0 Å². The Bertz CT molecular complexity index is 189. The fourth-order valence-corrected chi connectivity index (χ4v) is 2.02. The van der Waals surface area contributed by atoms with Gasteiger partial charge in [-0.15, -0.1) is 0 Å². The molecule has 12 heavy (non-hydrogen) atoms. The van der Waals surface area contributed by atoms with Crippen LogP contribution in [0.3, 0.4) is 0 Å². The summed E-state index contributed by atoms with van der Waals surface area (Å²) in [5.74, 6) is 0. The van der Waals surface area contributed by atoms with Crippen LogP contribution in [0.5, 0.6) is 0 Å². The molecule has 0 aromatic heterocycles. The lowest BCUT2D eigenvalue weighted by Crippen LogP contribution is -2.29. The van der Waals surface area contributed by atoms with Crippen LogP contribution in [0.1, 0.15) is 12.8 Å². The highest BCUT2D eigenvalue weighted by atomic mass is 32.2. The second kappa shape index (κ2) is 3.68. The Morgan fingerprint density at radius 3 is 2.08 bits per heavy atom. The number of nitrogens with zero attached hydrogens (tertiary/aromatic N) is 1. The van der Waals surface area contributed by atoms with Crippen LogP contribution in [0.15, 0.2) is 0 Å². The number of hydrogen-bond donors (Lipinski definition) is 0. The Balaban J connectivity index is 2.85. The zero-order valence-electron chi connectivity index (χ0n) is 6.82. The Hall–Kier alpha value is -0.190. The normalized spacial score (nSPS) is 18.5. The molecule has 0 aromatic rings. The van der Waals surface area contributed by atoms with E-state index in [1.54, 1.807) is 0 Å². The summed E-state index contributed by atoms with van der Waals surface area (Å²) in [6.07, 6.45) is -0.939. The van der Waals surface area contributed by atoms with Crippen LogP contribution >= 0.6 is 11.8 Å². The van der Waals surface area contributed by atoms with Gasteiger partial charge in [0.2, 0.25) is 0 Å². The molecule has 0 aliphatic carbocycles. The minimum absolute atomic E-state index is 0.444. The predicted octanol–water partition coefficient (Wildman–Crippen LogP) is 2.12. The molecule has 1 aliphatic heterocycles. The summed E-state index contributed by atoms with van der Waals surface area (Å²) in [6, 6.07) is 0. The molecule has 1 nitrogen and oxygen atoms in total. The van der Waals surface area contributed by atoms with Crippen molar-refractivity contribution in [3.63, 3.8) is 0 Å². The van der Waals surface area contributed by atoms with E-state index in [-0.39, 0.29) is 0 Å². The molecule has 70 valence electrons. The number of hydrogen-bond acceptors (Lipinski definition) is 1. The molecule has 0 unspecified atom stereocenters. The first-order chi connectivity index (χ1) is 5.55. The topological polar surface area (TPSA) is 3.01 Å². The summed E-state index contributed by atoms with van der Waals surface area (Å²) in [5.41, 5.74) is 0. The molecule has 1 heterocycles. The fraction of sp³-hybridized carbons (Fsp3) is 0.857. The van der Waals surface area contributed by atoms with E-state index in [9.17, 15) is 13.2 Å². The van der Waals surface area contributed by atoms with E-state index in [0.29, 0.717) is 13.1 Å². The molecular weight excluding hydrogens is 187 g/mol. The maximum Gasteiger partial charge on any atom is 0.484 e. The van der Waals surface area contributed by atoms with Crippen LogP contribution in [0.25, 0.3) is 0 Å². The Morgan fingerprint density at radius 2 is 1.75 bits per heavy atom. The molecule has 1 rings (SSSR count). The van der Waals surface area contributed by atoms with E-state index in [1.807, 2.05) is 0 Å². The second-order valence-electron chi connectivity index (χ2n) is 2.70. The molecule has 1 aliphatic rings. The fourth-order valence-electron chi connectivity index (χ4n) is 1.34. The zero-order valence-corrected chi connectivity index (χ0v) is 7.63. The van der Waals surface area contributed by atoms with Gasteiger partial charge in [0.25, 0.3) is 0 Å². The summed E-state index contributed by atoms with van der Waals surface area (Å²) in [6.45, 7) is 1.10. The first kappa shape index (κ1) is 9.89. The van der Waals surface area contributed by atoms with Crippen molar-refractivity contribution in [1.82, 2.24) is 0 Å². The average Bonchev–Trinajstić information content (AvgIpc) is 2.38. The van der Waals surface area contributed by atoms with Crippen LogP contribution in [0.2, 0.25) is 0 Å². The maximum absolute atomic E-state index is 12.3. The monoisotopic (exact) mass is 198 g/mol. The van der Waals surface area contributed by atoms with E-state index < -0.39 is 11.2 Å². The summed E-state index contributed by atoms with van der Waals surface area (Å²) < 4.78 is 38.2. The first-order valence-corrected chi connectivity index (χ1v) is 5.01. The molecule has 0 amide bonds. The lowest BCUT2D eigenvalue weighted by atomic mass is 10.4. The Kier molecular flexibility index (Phi) is 3.04. The summed E-state index contributed by atoms with van der Waals surface area (Å²) >= 11 is 0.792. The van der Waals surface area contributed by atoms with Gasteiger partial charge in [0.05, 0.1) is 0 Å². The zero-order chi connectivity index (χ0) is 9.19. The van der Waals surface area contributed by atoms with Gasteiger partial charge in [0.1, 0.15) is 13.1 Å². The molecule has 1 saturated heterocycles. The van der Waals surface area contributed by atoms with Gasteiger partial charge in [-0.05, 0) is 6.26 Å². The van der Waals surface area contributed by atoms with Gasteiger partial charge in [0.15, 0.2) is 0 Å². The molecule has 0 N–H and O–H groups in total. The highest BCUT2D eigenvalue weighted by Gasteiger charge is 2.43. The van der Waals surface area contributed by atoms with Crippen LogP contribution in [-0.4, -0.2) is 35.1 Å². The molecule has 1 fully saturated rings. The third-order valence-corrected chi connectivity index (χ3v) is 2.71. The quantitative estimate of drug-likeness (QED) is 0.425. The van der Waals surface area contributed by atoms with E-state index in [1.165, 1.54) is 10.8 Å². The van der Waals surface area contributed by atoms with E-state index in [0.717, 1.165) is 24.6 Å². The van der Waals surface area contributed by atoms with E-state index >= 15 is 0 Å². The lowest BCUT2D eigenvalue weighted by Gasteiger charge is -2.05. The van der Waals surface area contributed by atoms with Crippen LogP contribution in [0.4, 0.5) is 13.2 Å². The molecular formula is C7H11F3NS+. The van der Waals surface area contributed by atoms with Crippen molar-refractivity contribution in [2.75, 3.05) is 19.3 Å². The minimum Gasteiger partial charge on any atom is -0.220 e. The van der Waals surface area contributed by atoms with Crippen LogP contribution < -0.4 is 0 Å². The van der Waals surface area contributed by atoms with Gasteiger partial charge >= 0.3 is 11.2 Å². The number of halogens is 3. The van der Waals surface area contributed by atoms with Crippen LogP contribution in [0, 0.1) is 0 Å². The molecule has 0 aromatic carbocycles. The van der Waals surface area contributed by atoms with Gasteiger partial charge in [-0.1, -0.05) is 11.8 Å². The van der Waals surface area contributed by atoms with Gasteiger partial charge < -0.3 is 0 Å². The first-order valence-electron chi connectivity index (χ1n) is 3.79. The molecule has 0 saturated carbocycles. The largest absolute Gasteiger partial charge is 0.484 e. The predicted molar refractivity (Wildman–Crippen MR) is 43.8 cm³/mol. The second-order valence-corrected chi connectivity index (χ2v) is 3.50. The number of rotatable bonds is 0. The summed E-state index contributed by atoms with van der Waals surface area (Å²) in [7, 11) is 0. The van der Waals surface area contributed by atoms with E-state index in [2.05, 4.69) is 0 Å². The molecule has 0 atom stereocenters. The van der Waals surface area contributed by atoms with Crippen molar-refractivity contribution >= 4 is 16.8 Å². The molecule has 5 heteroatoms. The summed E-state index contributed by atoms with van der Waals surface area (Å²) in [5, 5.41) is -0.444. The lowest BCUT2D eigenvalue weighted by molar-refractivity contribution is -0.510. The van der Waals surface area contributed by atoms with Gasteiger partial charge in [-0.3, -0.25) is 0 Å². The van der Waals surface area contributed by atoms with Gasteiger partial charge in [-0.25, -0.2) is 4.58 Å². The Labute approximate surface area is 73.6 Å². The van der Waals surface area contributed by atoms with Crippen molar-refractivity contribution in [3.8, 4) is 0 Å². The third kappa shape index (κ3) is 2.15. The van der Waals surface area contributed by atoms with Crippen molar-refractivity contribution in [2.45, 2.75) is 19.0 Å². The molecule has 0 radical (unpaired) electrons. The highest BCUT2D eigenvalue weighted by Crippen LogP contribution is 2.24. The molecule has 0 spiro atoms. The minimum atomic E-state index is -4.16. The van der Waals surface area contributed by atoms with Gasteiger partial charge in [-0.2, -0.15) is 13.2 Å². The highest BCUT2D eigenvalue weighted by molar-refractivity contribution is 8.13. The SMILES string of the molecule is CSC(=[N+]1CCCC1)C(F)(F)F. The van der Waals surface area contributed by atoms with Crippen molar-refractivity contribution in [3.05, 3.63) is 0 Å². The number of thioether (sulfide) groups is 1. The van der Waals surface area contributed by atoms with E-state index in [4.69, 9.17) is 0 Å². The van der Waals surface area contributed by atoms with Gasteiger partial charge in [0, 0.05) is 12.8 Å². The standard InChI is InChI=1S/C7H11F3NS/c1-12-6(7(8,9)10)11-4-2-3-5-11/h2-5H2,1H3/q+1. The number of alkyl halides is 3. The Morgan fingerprint density at radius 1 is 1.25 bits per heavy atom. The van der Waals surface area contributed by atoms with Crippen molar-refractivity contribution < 1.29 is 17.7 Å². The molecule has 0 bridgehead atoms. The maximum atomic E-state index is 12.3. The van der Waals surface area contributed by atoms with Crippen molar-refractivity contribution in [2.24, 2.45) is 0 Å². The smallest absolute Gasteiger partial charge is 0.220 e.